The van der Waals surface area contributed by atoms with Gasteiger partial charge in [-0.25, -0.2) is 4.98 Å². The number of H-pyrrole nitrogens is 1. The van der Waals surface area contributed by atoms with Crippen LogP contribution in [0.25, 0.3) is 0 Å². The van der Waals surface area contributed by atoms with E-state index in [1.807, 2.05) is 0 Å². The number of halogens is 1. The average Bonchev–Trinajstić information content (AvgIpc) is 2.65. The van der Waals surface area contributed by atoms with Gasteiger partial charge in [0.1, 0.15) is 0 Å². The van der Waals surface area contributed by atoms with E-state index in [4.69, 9.17) is 11.6 Å². The minimum Gasteiger partial charge on any atom is -0.301 e. The van der Waals surface area contributed by atoms with Crippen LogP contribution in [0, 0.1) is 0 Å². The molecule has 136 valence electrons. The molecule has 1 heterocycles. The van der Waals surface area contributed by atoms with E-state index in [-0.39, 0.29) is 11.3 Å². The van der Waals surface area contributed by atoms with E-state index in [0.29, 0.717) is 15.7 Å². The molecule has 0 saturated heterocycles. The van der Waals surface area contributed by atoms with Crippen LogP contribution < -0.4 is 16.4 Å². The molecule has 7 nitrogen and oxygen atoms in total. The predicted molar refractivity (Wildman–Crippen MR) is 99.3 cm³/mol. The molecular weight excluding hydrogens is 376 g/mol. The highest BCUT2D eigenvalue weighted by atomic mass is 35.5. The molecule has 3 rings (SSSR count). The van der Waals surface area contributed by atoms with Crippen molar-refractivity contribution in [2.45, 2.75) is 30.8 Å². The summed E-state index contributed by atoms with van der Waals surface area (Å²) in [6, 6.07) is 6.29. The number of aryl methyl sites for hydroxylation is 1. The van der Waals surface area contributed by atoms with E-state index in [0.717, 1.165) is 48.7 Å². The summed E-state index contributed by atoms with van der Waals surface area (Å²) < 4.78 is 0. The van der Waals surface area contributed by atoms with Gasteiger partial charge in [-0.2, -0.15) is 0 Å². The molecule has 1 aliphatic carbocycles. The predicted octanol–water partition coefficient (Wildman–Crippen LogP) is 1.86. The fourth-order valence-electron chi connectivity index (χ4n) is 2.62. The van der Waals surface area contributed by atoms with Gasteiger partial charge in [-0.05, 0) is 49.9 Å². The third-order valence-corrected chi connectivity index (χ3v) is 5.06. The van der Waals surface area contributed by atoms with Gasteiger partial charge < -0.3 is 4.98 Å². The maximum Gasteiger partial charge on any atom is 0.269 e. The first-order valence-electron chi connectivity index (χ1n) is 8.12. The van der Waals surface area contributed by atoms with Gasteiger partial charge in [0.15, 0.2) is 5.16 Å². The number of benzene rings is 1. The fraction of sp³-hybridized carbons (Fsp3) is 0.294. The van der Waals surface area contributed by atoms with Gasteiger partial charge in [-0.1, -0.05) is 23.4 Å². The molecular formula is C17H17ClN4O3S. The topological polar surface area (TPSA) is 104 Å². The number of rotatable bonds is 4. The van der Waals surface area contributed by atoms with Gasteiger partial charge in [0.05, 0.1) is 11.4 Å². The SMILES string of the molecule is O=C(CSc1nc2c(c(=O)[nH]1)CCCC2)NNC(=O)c1ccc(Cl)cc1. The molecule has 9 heteroatoms. The molecule has 0 fully saturated rings. The van der Waals surface area contributed by atoms with Crippen molar-refractivity contribution in [3.8, 4) is 0 Å². The van der Waals surface area contributed by atoms with E-state index < -0.39 is 11.8 Å². The number of hydrogen-bond acceptors (Lipinski definition) is 5. The van der Waals surface area contributed by atoms with E-state index in [1.54, 1.807) is 24.3 Å². The minimum absolute atomic E-state index is 0.0165. The third kappa shape index (κ3) is 4.64. The monoisotopic (exact) mass is 392 g/mol. The molecule has 0 radical (unpaired) electrons. The number of hydrogen-bond donors (Lipinski definition) is 3. The summed E-state index contributed by atoms with van der Waals surface area (Å²) in [5.41, 5.74) is 6.47. The van der Waals surface area contributed by atoms with Crippen molar-refractivity contribution >= 4 is 35.2 Å². The number of carbonyl (C=O) groups is 2. The molecule has 2 aromatic rings. The van der Waals surface area contributed by atoms with Gasteiger partial charge in [0.25, 0.3) is 11.5 Å². The number of thioether (sulfide) groups is 1. The third-order valence-electron chi connectivity index (χ3n) is 3.93. The van der Waals surface area contributed by atoms with Crippen molar-refractivity contribution < 1.29 is 9.59 Å². The normalized spacial score (nSPS) is 13.0. The molecule has 1 aromatic carbocycles. The summed E-state index contributed by atoms with van der Waals surface area (Å²) in [5, 5.41) is 0.934. The number of nitrogens with zero attached hydrogens (tertiary/aromatic N) is 1. The quantitative estimate of drug-likeness (QED) is 0.418. The molecule has 0 spiro atoms. The molecule has 0 aliphatic heterocycles. The summed E-state index contributed by atoms with van der Waals surface area (Å²) >= 11 is 6.88. The summed E-state index contributed by atoms with van der Waals surface area (Å²) in [5.74, 6) is -0.833. The summed E-state index contributed by atoms with van der Waals surface area (Å²) in [6.07, 6.45) is 3.56. The highest BCUT2D eigenvalue weighted by Crippen LogP contribution is 2.19. The molecule has 3 N–H and O–H groups in total. The average molecular weight is 393 g/mol. The van der Waals surface area contributed by atoms with Crippen LogP contribution in [0.5, 0.6) is 0 Å². The summed E-state index contributed by atoms with van der Waals surface area (Å²) in [7, 11) is 0. The number of nitrogens with one attached hydrogen (secondary N) is 3. The molecule has 0 bridgehead atoms. The number of aromatic amines is 1. The molecule has 2 amide bonds. The number of carbonyl (C=O) groups excluding carboxylic acids is 2. The lowest BCUT2D eigenvalue weighted by Crippen LogP contribution is -2.42. The second-order valence-corrected chi connectivity index (χ2v) is 7.20. The van der Waals surface area contributed by atoms with Crippen LogP contribution in [0.15, 0.2) is 34.2 Å². The molecule has 0 unspecified atom stereocenters. The Morgan fingerprint density at radius 3 is 2.65 bits per heavy atom. The van der Waals surface area contributed by atoms with E-state index in [1.165, 1.54) is 0 Å². The van der Waals surface area contributed by atoms with Crippen LogP contribution in [-0.2, 0) is 17.6 Å². The van der Waals surface area contributed by atoms with Gasteiger partial charge in [0.2, 0.25) is 5.91 Å². The highest BCUT2D eigenvalue weighted by molar-refractivity contribution is 7.99. The van der Waals surface area contributed by atoms with Crippen molar-refractivity contribution in [3.05, 3.63) is 56.5 Å². The lowest BCUT2D eigenvalue weighted by atomic mass is 9.97. The van der Waals surface area contributed by atoms with Gasteiger partial charge in [-0.3, -0.25) is 25.2 Å². The zero-order valence-electron chi connectivity index (χ0n) is 13.8. The number of hydrazine groups is 1. The van der Waals surface area contributed by atoms with Crippen LogP contribution >= 0.6 is 23.4 Å². The molecule has 26 heavy (non-hydrogen) atoms. The van der Waals surface area contributed by atoms with Crippen LogP contribution in [-0.4, -0.2) is 27.5 Å². The van der Waals surface area contributed by atoms with Crippen molar-refractivity contribution in [3.63, 3.8) is 0 Å². The summed E-state index contributed by atoms with van der Waals surface area (Å²) in [4.78, 5) is 43.0. The molecule has 0 atom stereocenters. The Labute approximate surface area is 158 Å². The number of fused-ring (bicyclic) bond motifs is 1. The van der Waals surface area contributed by atoms with Crippen molar-refractivity contribution in [1.29, 1.82) is 0 Å². The first-order valence-corrected chi connectivity index (χ1v) is 9.49. The standard InChI is InChI=1S/C17H17ClN4O3S/c18-11-7-5-10(6-8-11)15(24)22-21-14(23)9-26-17-19-13-4-2-1-3-12(13)16(25)20-17/h5-8H,1-4,9H2,(H,21,23)(H,22,24)(H,19,20,25). The van der Waals surface area contributed by atoms with E-state index >= 15 is 0 Å². The Morgan fingerprint density at radius 2 is 1.88 bits per heavy atom. The van der Waals surface area contributed by atoms with Crippen LogP contribution in [0.4, 0.5) is 0 Å². The van der Waals surface area contributed by atoms with Gasteiger partial charge in [0, 0.05) is 16.1 Å². The maximum absolute atomic E-state index is 12.0. The largest absolute Gasteiger partial charge is 0.301 e. The van der Waals surface area contributed by atoms with E-state index in [2.05, 4.69) is 20.8 Å². The minimum atomic E-state index is -0.444. The second kappa shape index (κ2) is 8.37. The zero-order chi connectivity index (χ0) is 18.5. The lowest BCUT2D eigenvalue weighted by molar-refractivity contribution is -0.119. The van der Waals surface area contributed by atoms with Crippen molar-refractivity contribution in [2.24, 2.45) is 0 Å². The Kier molecular flexibility index (Phi) is 5.95. The Hall–Kier alpha value is -2.32. The van der Waals surface area contributed by atoms with E-state index in [9.17, 15) is 14.4 Å². The molecule has 1 aromatic heterocycles. The second-order valence-electron chi connectivity index (χ2n) is 5.80. The smallest absolute Gasteiger partial charge is 0.269 e. The zero-order valence-corrected chi connectivity index (χ0v) is 15.4. The van der Waals surface area contributed by atoms with Crippen molar-refractivity contribution in [2.75, 3.05) is 5.75 Å². The van der Waals surface area contributed by atoms with Crippen LogP contribution in [0.2, 0.25) is 5.02 Å². The Morgan fingerprint density at radius 1 is 1.15 bits per heavy atom. The van der Waals surface area contributed by atoms with Gasteiger partial charge >= 0.3 is 0 Å². The Bertz CT molecular complexity index is 883. The van der Waals surface area contributed by atoms with Gasteiger partial charge in [-0.15, -0.1) is 0 Å². The van der Waals surface area contributed by atoms with Crippen LogP contribution in [0.1, 0.15) is 34.5 Å². The number of amides is 2. The number of aromatic nitrogens is 2. The Balaban J connectivity index is 1.51. The van der Waals surface area contributed by atoms with Crippen molar-refractivity contribution in [1.82, 2.24) is 20.8 Å². The fourth-order valence-corrected chi connectivity index (χ4v) is 3.42. The first-order chi connectivity index (χ1) is 12.5. The molecule has 0 saturated carbocycles. The molecule has 1 aliphatic rings. The highest BCUT2D eigenvalue weighted by Gasteiger charge is 2.16. The lowest BCUT2D eigenvalue weighted by Gasteiger charge is -2.14. The first kappa shape index (κ1) is 18.5. The summed E-state index contributed by atoms with van der Waals surface area (Å²) in [6.45, 7) is 0. The maximum atomic E-state index is 12.0. The van der Waals surface area contributed by atoms with Crippen LogP contribution in [0.3, 0.4) is 0 Å².